The second-order valence-electron chi connectivity index (χ2n) is 8.55. The van der Waals surface area contributed by atoms with Gasteiger partial charge < -0.3 is 24.8 Å². The van der Waals surface area contributed by atoms with Gasteiger partial charge in [0.15, 0.2) is 0 Å². The molecule has 2 N–H and O–H groups in total. The van der Waals surface area contributed by atoms with E-state index >= 15 is 0 Å². The molecule has 3 aliphatic rings. The Morgan fingerprint density at radius 2 is 2.00 bits per heavy atom. The van der Waals surface area contributed by atoms with E-state index in [1.54, 1.807) is 6.20 Å². The molecule has 30 heavy (non-hydrogen) atoms. The Morgan fingerprint density at radius 1 is 1.23 bits per heavy atom. The Kier molecular flexibility index (Phi) is 5.20. The first-order chi connectivity index (χ1) is 14.6. The summed E-state index contributed by atoms with van der Waals surface area (Å²) >= 11 is 0. The van der Waals surface area contributed by atoms with Crippen LogP contribution in [0.3, 0.4) is 0 Å². The van der Waals surface area contributed by atoms with Gasteiger partial charge in [0.2, 0.25) is 5.88 Å². The Hall–Kier alpha value is -2.45. The summed E-state index contributed by atoms with van der Waals surface area (Å²) < 4.78 is 11.8. The lowest BCUT2D eigenvalue weighted by Gasteiger charge is -2.31. The van der Waals surface area contributed by atoms with E-state index in [-0.39, 0.29) is 18.1 Å². The largest absolute Gasteiger partial charge is 0.474 e. The molecule has 3 fully saturated rings. The van der Waals surface area contributed by atoms with E-state index in [4.69, 9.17) is 14.5 Å². The fraction of sp³-hybridized carbons (Fsp3) is 0.591. The van der Waals surface area contributed by atoms with Crippen LogP contribution in [0.1, 0.15) is 38.5 Å². The number of hydrogen-bond acceptors (Lipinski definition) is 7. The fourth-order valence-corrected chi connectivity index (χ4v) is 4.22. The number of morpholine rings is 1. The summed E-state index contributed by atoms with van der Waals surface area (Å²) in [7, 11) is 0. The minimum atomic E-state index is -1.11. The van der Waals surface area contributed by atoms with E-state index in [9.17, 15) is 9.90 Å². The van der Waals surface area contributed by atoms with E-state index in [1.165, 1.54) is 0 Å². The van der Waals surface area contributed by atoms with Gasteiger partial charge >= 0.3 is 0 Å². The number of aliphatic hydroxyl groups is 1. The average Bonchev–Trinajstić information content (AvgIpc) is 3.54. The van der Waals surface area contributed by atoms with Gasteiger partial charge in [-0.2, -0.15) is 4.98 Å². The van der Waals surface area contributed by atoms with Crippen LogP contribution in [0.25, 0.3) is 10.9 Å². The van der Waals surface area contributed by atoms with Gasteiger partial charge in [-0.3, -0.25) is 9.78 Å². The normalized spacial score (nSPS) is 25.7. The van der Waals surface area contributed by atoms with Crippen molar-refractivity contribution in [3.63, 3.8) is 0 Å². The van der Waals surface area contributed by atoms with Gasteiger partial charge in [-0.25, -0.2) is 0 Å². The van der Waals surface area contributed by atoms with Gasteiger partial charge in [0.25, 0.3) is 5.91 Å². The molecule has 2 aliphatic carbocycles. The minimum Gasteiger partial charge on any atom is -0.474 e. The maximum absolute atomic E-state index is 12.1. The van der Waals surface area contributed by atoms with Crippen LogP contribution < -0.4 is 15.0 Å². The highest BCUT2D eigenvalue weighted by Gasteiger charge is 2.48. The fourth-order valence-electron chi connectivity index (χ4n) is 4.22. The SMILES string of the molecule is O=C(NC1CCC(Oc2nc(N3CCOCC3)cc3ncccc23)CC1)C1(O)CC1. The third-order valence-electron chi connectivity index (χ3n) is 6.32. The van der Waals surface area contributed by atoms with Gasteiger partial charge in [-0.1, -0.05) is 0 Å². The molecule has 1 saturated heterocycles. The summed E-state index contributed by atoms with van der Waals surface area (Å²) in [5.41, 5.74) is -0.231. The van der Waals surface area contributed by atoms with Crippen LogP contribution >= 0.6 is 0 Å². The van der Waals surface area contributed by atoms with Crippen LogP contribution in [0.15, 0.2) is 24.4 Å². The van der Waals surface area contributed by atoms with Crippen LogP contribution in [0, 0.1) is 0 Å². The predicted molar refractivity (Wildman–Crippen MR) is 112 cm³/mol. The lowest BCUT2D eigenvalue weighted by Crippen LogP contribution is -2.45. The number of aromatic nitrogens is 2. The maximum Gasteiger partial charge on any atom is 0.252 e. The number of hydrogen-bond donors (Lipinski definition) is 2. The summed E-state index contributed by atoms with van der Waals surface area (Å²) in [6.07, 6.45) is 6.35. The van der Waals surface area contributed by atoms with Crippen molar-refractivity contribution in [3.05, 3.63) is 24.4 Å². The number of carbonyl (C=O) groups is 1. The Labute approximate surface area is 175 Å². The number of nitrogens with zero attached hydrogens (tertiary/aromatic N) is 3. The molecule has 8 heteroatoms. The van der Waals surface area contributed by atoms with Crippen molar-refractivity contribution in [2.24, 2.45) is 0 Å². The van der Waals surface area contributed by atoms with Crippen molar-refractivity contribution < 1.29 is 19.4 Å². The van der Waals surface area contributed by atoms with E-state index in [1.807, 2.05) is 18.2 Å². The van der Waals surface area contributed by atoms with Gasteiger partial charge in [0.1, 0.15) is 17.5 Å². The van der Waals surface area contributed by atoms with E-state index in [0.29, 0.717) is 31.9 Å². The monoisotopic (exact) mass is 412 g/mol. The molecule has 0 spiro atoms. The highest BCUT2D eigenvalue weighted by molar-refractivity contribution is 5.88. The van der Waals surface area contributed by atoms with Crippen molar-refractivity contribution >= 4 is 22.6 Å². The third kappa shape index (κ3) is 4.06. The van der Waals surface area contributed by atoms with Crippen LogP contribution in [0.4, 0.5) is 5.82 Å². The van der Waals surface area contributed by atoms with E-state index in [0.717, 1.165) is 55.5 Å². The van der Waals surface area contributed by atoms with Gasteiger partial charge in [0, 0.05) is 31.4 Å². The highest BCUT2D eigenvalue weighted by Crippen LogP contribution is 2.36. The molecule has 0 unspecified atom stereocenters. The lowest BCUT2D eigenvalue weighted by molar-refractivity contribution is -0.132. The molecular weight excluding hydrogens is 384 g/mol. The first kappa shape index (κ1) is 19.5. The second-order valence-corrected chi connectivity index (χ2v) is 8.55. The summed E-state index contributed by atoms with van der Waals surface area (Å²) in [6.45, 7) is 3.01. The smallest absolute Gasteiger partial charge is 0.252 e. The van der Waals surface area contributed by atoms with Crippen molar-refractivity contribution in [3.8, 4) is 5.88 Å². The second kappa shape index (κ2) is 8.00. The molecule has 3 heterocycles. The minimum absolute atomic E-state index is 0.0537. The van der Waals surface area contributed by atoms with E-state index in [2.05, 4.69) is 15.2 Å². The standard InChI is InChI=1S/C22H28N4O4/c27-21(22(28)7-8-22)24-15-3-5-16(6-4-15)30-20-17-2-1-9-23-18(17)14-19(25-20)26-10-12-29-13-11-26/h1-2,9,14-16,28H,3-8,10-13H2,(H,24,27). The molecule has 8 nitrogen and oxygen atoms in total. The summed E-state index contributed by atoms with van der Waals surface area (Å²) in [5, 5.41) is 13.9. The Balaban J connectivity index is 1.27. The molecule has 0 aromatic carbocycles. The molecular formula is C22H28N4O4. The quantitative estimate of drug-likeness (QED) is 0.773. The van der Waals surface area contributed by atoms with Crippen molar-refractivity contribution in [2.75, 3.05) is 31.2 Å². The number of carbonyl (C=O) groups excluding carboxylic acids is 1. The number of anilines is 1. The Bertz CT molecular complexity index is 918. The summed E-state index contributed by atoms with van der Waals surface area (Å²) in [5.74, 6) is 1.28. The zero-order valence-electron chi connectivity index (χ0n) is 17.0. The van der Waals surface area contributed by atoms with Crippen LogP contribution in [0.5, 0.6) is 5.88 Å². The highest BCUT2D eigenvalue weighted by atomic mass is 16.5. The molecule has 0 bridgehead atoms. The number of pyridine rings is 2. The molecule has 2 aromatic rings. The first-order valence-electron chi connectivity index (χ1n) is 10.9. The van der Waals surface area contributed by atoms with Crippen molar-refractivity contribution in [2.45, 2.75) is 56.3 Å². The average molecular weight is 412 g/mol. The molecule has 160 valence electrons. The van der Waals surface area contributed by atoms with Crippen LogP contribution in [0.2, 0.25) is 0 Å². The van der Waals surface area contributed by atoms with Crippen LogP contribution in [-0.4, -0.2) is 65.0 Å². The zero-order chi connectivity index (χ0) is 20.6. The molecule has 5 rings (SSSR count). The number of rotatable bonds is 5. The van der Waals surface area contributed by atoms with Gasteiger partial charge in [-0.15, -0.1) is 0 Å². The Morgan fingerprint density at radius 3 is 2.73 bits per heavy atom. The molecule has 0 atom stereocenters. The lowest BCUT2D eigenvalue weighted by atomic mass is 9.92. The van der Waals surface area contributed by atoms with Gasteiger partial charge in [-0.05, 0) is 50.7 Å². The number of fused-ring (bicyclic) bond motifs is 1. The zero-order valence-corrected chi connectivity index (χ0v) is 17.0. The topological polar surface area (TPSA) is 96.8 Å². The molecule has 2 saturated carbocycles. The molecule has 0 radical (unpaired) electrons. The molecule has 1 aliphatic heterocycles. The third-order valence-corrected chi connectivity index (χ3v) is 6.32. The van der Waals surface area contributed by atoms with Crippen molar-refractivity contribution in [1.29, 1.82) is 0 Å². The number of ether oxygens (including phenoxy) is 2. The predicted octanol–water partition coefficient (Wildman–Crippen LogP) is 1.80. The summed E-state index contributed by atoms with van der Waals surface area (Å²) in [6, 6.07) is 6.02. The first-order valence-corrected chi connectivity index (χ1v) is 10.9. The maximum atomic E-state index is 12.1. The summed E-state index contributed by atoms with van der Waals surface area (Å²) in [4.78, 5) is 23.6. The van der Waals surface area contributed by atoms with Crippen LogP contribution in [-0.2, 0) is 9.53 Å². The molecule has 1 amide bonds. The van der Waals surface area contributed by atoms with Gasteiger partial charge in [0.05, 0.1) is 24.1 Å². The number of amides is 1. The molecule has 2 aromatic heterocycles. The van der Waals surface area contributed by atoms with E-state index < -0.39 is 5.60 Å². The van der Waals surface area contributed by atoms with Crippen molar-refractivity contribution in [1.82, 2.24) is 15.3 Å². The number of nitrogens with one attached hydrogen (secondary N) is 1.